The van der Waals surface area contributed by atoms with Crippen molar-refractivity contribution in [2.45, 2.75) is 26.0 Å². The Morgan fingerprint density at radius 3 is 3.08 bits per heavy atom. The molecule has 0 spiro atoms. The van der Waals surface area contributed by atoms with Gasteiger partial charge in [-0.3, -0.25) is 9.78 Å². The Labute approximate surface area is 151 Å². The number of hydrogen-bond donors (Lipinski definition) is 1. The quantitative estimate of drug-likeness (QED) is 0.759. The van der Waals surface area contributed by atoms with Gasteiger partial charge in [-0.05, 0) is 30.2 Å². The van der Waals surface area contributed by atoms with Crippen molar-refractivity contribution in [3.8, 4) is 17.0 Å². The van der Waals surface area contributed by atoms with Crippen molar-refractivity contribution in [3.63, 3.8) is 0 Å². The third-order valence-electron chi connectivity index (χ3n) is 4.39. The number of nitrogens with zero attached hydrogens (tertiary/aromatic N) is 4. The Balaban J connectivity index is 1.44. The fraction of sp³-hybridized carbons (Fsp3) is 0.263. The van der Waals surface area contributed by atoms with Crippen LogP contribution in [0.5, 0.6) is 5.75 Å². The zero-order valence-electron chi connectivity index (χ0n) is 14.4. The molecule has 7 heteroatoms. The number of hydrogen-bond acceptors (Lipinski definition) is 5. The molecule has 3 heterocycles. The van der Waals surface area contributed by atoms with Gasteiger partial charge in [-0.2, -0.15) is 5.10 Å². The van der Waals surface area contributed by atoms with Crippen LogP contribution in [0.1, 0.15) is 11.1 Å². The van der Waals surface area contributed by atoms with Crippen LogP contribution in [0.2, 0.25) is 0 Å². The maximum atomic E-state index is 12.0. The summed E-state index contributed by atoms with van der Waals surface area (Å²) in [5.41, 5.74) is 4.18. The number of fused-ring (bicyclic) bond motifs is 1. The third-order valence-corrected chi connectivity index (χ3v) is 4.39. The average Bonchev–Trinajstić information content (AvgIpc) is 3.29. The number of aryl methyl sites for hydroxylation is 1. The number of carbonyl (C=O) groups is 1. The second-order valence-electron chi connectivity index (χ2n) is 6.30. The van der Waals surface area contributed by atoms with Gasteiger partial charge >= 0.3 is 0 Å². The van der Waals surface area contributed by atoms with E-state index < -0.39 is 0 Å². The molecule has 0 radical (unpaired) electrons. The summed E-state index contributed by atoms with van der Waals surface area (Å²) in [7, 11) is 0. The Morgan fingerprint density at radius 2 is 2.27 bits per heavy atom. The van der Waals surface area contributed by atoms with Crippen LogP contribution in [-0.2, 0) is 17.8 Å². The number of aromatic nitrogens is 4. The Morgan fingerprint density at radius 1 is 1.35 bits per heavy atom. The van der Waals surface area contributed by atoms with Crippen molar-refractivity contribution in [1.82, 2.24) is 25.1 Å². The van der Waals surface area contributed by atoms with Crippen molar-refractivity contribution in [1.29, 1.82) is 0 Å². The number of ether oxygens (including phenoxy) is 1. The smallest absolute Gasteiger partial charge is 0.241 e. The van der Waals surface area contributed by atoms with E-state index in [9.17, 15) is 4.79 Å². The molecule has 1 aliphatic heterocycles. The maximum absolute atomic E-state index is 12.0. The highest BCUT2D eigenvalue weighted by Gasteiger charge is 2.26. The second-order valence-corrected chi connectivity index (χ2v) is 6.30. The van der Waals surface area contributed by atoms with Gasteiger partial charge in [0.25, 0.3) is 0 Å². The monoisotopic (exact) mass is 349 g/mol. The molecular weight excluding hydrogens is 330 g/mol. The zero-order chi connectivity index (χ0) is 17.9. The van der Waals surface area contributed by atoms with Crippen LogP contribution in [0, 0.1) is 6.92 Å². The Bertz CT molecular complexity index is 923. The number of para-hydroxylation sites is 1. The summed E-state index contributed by atoms with van der Waals surface area (Å²) in [4.78, 5) is 20.3. The molecule has 1 N–H and O–H groups in total. The Kier molecular flexibility index (Phi) is 4.35. The molecule has 0 fully saturated rings. The van der Waals surface area contributed by atoms with Gasteiger partial charge in [0.15, 0.2) is 0 Å². The molecule has 0 aliphatic carbocycles. The van der Waals surface area contributed by atoms with E-state index in [-0.39, 0.29) is 18.6 Å². The maximum Gasteiger partial charge on any atom is 0.241 e. The largest absolute Gasteiger partial charge is 0.487 e. The van der Waals surface area contributed by atoms with Gasteiger partial charge in [0.1, 0.15) is 31.1 Å². The minimum absolute atomic E-state index is 0.0881. The minimum atomic E-state index is -0.115. The topological polar surface area (TPSA) is 81.9 Å². The summed E-state index contributed by atoms with van der Waals surface area (Å²) in [5, 5.41) is 6.83. The first-order valence-corrected chi connectivity index (χ1v) is 8.50. The summed E-state index contributed by atoms with van der Waals surface area (Å²) >= 11 is 0. The highest BCUT2D eigenvalue weighted by atomic mass is 16.5. The first kappa shape index (κ1) is 16.3. The van der Waals surface area contributed by atoms with Crippen molar-refractivity contribution >= 4 is 5.91 Å². The molecule has 26 heavy (non-hydrogen) atoms. The van der Waals surface area contributed by atoms with Crippen molar-refractivity contribution < 1.29 is 9.53 Å². The molecule has 0 saturated carbocycles. The standard InChI is InChI=1S/C19H19N5O2/c1-13-4-3-7-21-18(13)16-6-2-5-14-8-15(26-19(14)16)9-22-17(25)10-24-12-20-11-23-24/h2-7,11-12,15H,8-10H2,1H3,(H,22,25). The molecule has 1 aliphatic rings. The van der Waals surface area contributed by atoms with E-state index in [0.717, 1.165) is 34.6 Å². The number of benzene rings is 1. The lowest BCUT2D eigenvalue weighted by atomic mass is 10.0. The van der Waals surface area contributed by atoms with Crippen LogP contribution in [0.15, 0.2) is 49.2 Å². The summed E-state index contributed by atoms with van der Waals surface area (Å²) in [6.07, 6.45) is 5.39. The minimum Gasteiger partial charge on any atom is -0.487 e. The van der Waals surface area contributed by atoms with E-state index in [4.69, 9.17) is 4.74 Å². The first-order valence-electron chi connectivity index (χ1n) is 8.50. The molecule has 1 atom stereocenters. The fourth-order valence-corrected chi connectivity index (χ4v) is 3.15. The average molecular weight is 349 g/mol. The lowest BCUT2D eigenvalue weighted by Crippen LogP contribution is -2.36. The van der Waals surface area contributed by atoms with Gasteiger partial charge in [0.2, 0.25) is 5.91 Å². The van der Waals surface area contributed by atoms with E-state index >= 15 is 0 Å². The number of amides is 1. The van der Waals surface area contributed by atoms with Crippen LogP contribution in [0.4, 0.5) is 0 Å². The number of rotatable bonds is 5. The fourth-order valence-electron chi connectivity index (χ4n) is 3.15. The highest BCUT2D eigenvalue weighted by Crippen LogP contribution is 2.38. The number of pyridine rings is 1. The molecule has 1 aromatic carbocycles. The highest BCUT2D eigenvalue weighted by molar-refractivity contribution is 5.76. The molecular formula is C19H19N5O2. The third kappa shape index (κ3) is 3.28. The van der Waals surface area contributed by atoms with Crippen LogP contribution in [-0.4, -0.2) is 38.3 Å². The molecule has 1 unspecified atom stereocenters. The van der Waals surface area contributed by atoms with E-state index in [0.29, 0.717) is 6.54 Å². The molecule has 0 saturated heterocycles. The second kappa shape index (κ2) is 6.95. The number of carbonyl (C=O) groups excluding carboxylic acids is 1. The van der Waals surface area contributed by atoms with Crippen molar-refractivity contribution in [2.75, 3.05) is 6.54 Å². The van der Waals surface area contributed by atoms with Gasteiger partial charge in [-0.25, -0.2) is 9.67 Å². The molecule has 7 nitrogen and oxygen atoms in total. The van der Waals surface area contributed by atoms with E-state index in [1.807, 2.05) is 31.2 Å². The lowest BCUT2D eigenvalue weighted by Gasteiger charge is -2.14. The van der Waals surface area contributed by atoms with Crippen LogP contribution >= 0.6 is 0 Å². The van der Waals surface area contributed by atoms with Gasteiger partial charge in [-0.15, -0.1) is 0 Å². The molecule has 2 aromatic heterocycles. The molecule has 0 bridgehead atoms. The Hall–Kier alpha value is -3.22. The van der Waals surface area contributed by atoms with Gasteiger partial charge in [0, 0.05) is 18.2 Å². The van der Waals surface area contributed by atoms with E-state index in [2.05, 4.69) is 26.4 Å². The molecule has 4 rings (SSSR count). The number of nitrogens with one attached hydrogen (secondary N) is 1. The first-order chi connectivity index (χ1) is 12.7. The van der Waals surface area contributed by atoms with Gasteiger partial charge < -0.3 is 10.1 Å². The summed E-state index contributed by atoms with van der Waals surface area (Å²) in [5.74, 6) is 0.751. The van der Waals surface area contributed by atoms with Crippen molar-refractivity contribution in [3.05, 3.63) is 60.3 Å². The van der Waals surface area contributed by atoms with Gasteiger partial charge in [0.05, 0.1) is 12.2 Å². The lowest BCUT2D eigenvalue weighted by molar-refractivity contribution is -0.122. The van der Waals surface area contributed by atoms with Crippen LogP contribution < -0.4 is 10.1 Å². The van der Waals surface area contributed by atoms with E-state index in [1.165, 1.54) is 17.3 Å². The van der Waals surface area contributed by atoms with E-state index in [1.54, 1.807) is 6.20 Å². The SMILES string of the molecule is Cc1cccnc1-c1cccc2c1OC(CNC(=O)Cn1cncn1)C2. The molecule has 132 valence electrons. The molecule has 1 amide bonds. The van der Waals surface area contributed by atoms with Crippen LogP contribution in [0.25, 0.3) is 11.3 Å². The zero-order valence-corrected chi connectivity index (χ0v) is 14.4. The summed E-state index contributed by atoms with van der Waals surface area (Å²) < 4.78 is 7.63. The van der Waals surface area contributed by atoms with Crippen LogP contribution in [0.3, 0.4) is 0 Å². The summed E-state index contributed by atoms with van der Waals surface area (Å²) in [6.45, 7) is 2.64. The predicted molar refractivity (Wildman–Crippen MR) is 95.6 cm³/mol. The summed E-state index contributed by atoms with van der Waals surface area (Å²) in [6, 6.07) is 10.1. The normalized spacial score (nSPS) is 15.3. The molecule has 3 aromatic rings. The predicted octanol–water partition coefficient (Wildman–Crippen LogP) is 1.77. The van der Waals surface area contributed by atoms with Crippen molar-refractivity contribution in [2.24, 2.45) is 0 Å². The van der Waals surface area contributed by atoms with Gasteiger partial charge in [-0.1, -0.05) is 18.2 Å².